The molecule has 0 aliphatic rings. The molecule has 1 rings (SSSR count). The van der Waals surface area contributed by atoms with Crippen LogP contribution in [0.1, 0.15) is 31.4 Å². The standard InChI is InChI=1S/C11H15O3/c12-10-13-8-4-2-1-3-6-11-7-5-9-14-11/h5,7,9H,1-4,6,8H2. The van der Waals surface area contributed by atoms with Gasteiger partial charge in [-0.15, -0.1) is 0 Å². The largest absolute Gasteiger partial charge is 0.469 e. The van der Waals surface area contributed by atoms with Crippen molar-refractivity contribution in [1.29, 1.82) is 0 Å². The third-order valence-electron chi connectivity index (χ3n) is 2.06. The molecule has 0 aromatic carbocycles. The van der Waals surface area contributed by atoms with E-state index in [4.69, 9.17) is 4.42 Å². The van der Waals surface area contributed by atoms with Crippen molar-refractivity contribution in [2.45, 2.75) is 32.1 Å². The lowest BCUT2D eigenvalue weighted by atomic mass is 10.1. The predicted molar refractivity (Wildman–Crippen MR) is 52.5 cm³/mol. The van der Waals surface area contributed by atoms with Crippen LogP contribution in [0.2, 0.25) is 0 Å². The Bertz CT molecular complexity index is 229. The second kappa shape index (κ2) is 7.18. The molecule has 77 valence electrons. The molecule has 0 unspecified atom stereocenters. The lowest BCUT2D eigenvalue weighted by Gasteiger charge is -1.98. The van der Waals surface area contributed by atoms with Crippen LogP contribution in [0.4, 0.5) is 0 Å². The highest BCUT2D eigenvalue weighted by Gasteiger charge is 1.95. The zero-order valence-corrected chi connectivity index (χ0v) is 8.20. The molecule has 0 atom stereocenters. The fourth-order valence-electron chi connectivity index (χ4n) is 1.32. The highest BCUT2D eigenvalue weighted by molar-refractivity contribution is 5.37. The van der Waals surface area contributed by atoms with Crippen LogP contribution in [-0.2, 0) is 16.0 Å². The summed E-state index contributed by atoms with van der Waals surface area (Å²) in [6, 6.07) is 3.90. The van der Waals surface area contributed by atoms with Gasteiger partial charge in [0.05, 0.1) is 12.9 Å². The van der Waals surface area contributed by atoms with Gasteiger partial charge in [-0.25, -0.2) is 4.79 Å². The Hall–Kier alpha value is -1.25. The van der Waals surface area contributed by atoms with Crippen molar-refractivity contribution >= 4 is 6.47 Å². The third kappa shape index (κ3) is 4.70. The molecule has 0 spiro atoms. The van der Waals surface area contributed by atoms with Crippen LogP contribution in [0, 0.1) is 0 Å². The summed E-state index contributed by atoms with van der Waals surface area (Å²) in [6.07, 6.45) is 6.97. The van der Waals surface area contributed by atoms with Crippen LogP contribution in [0.5, 0.6) is 0 Å². The molecule has 14 heavy (non-hydrogen) atoms. The van der Waals surface area contributed by atoms with Crippen molar-refractivity contribution in [1.82, 2.24) is 0 Å². The minimum atomic E-state index is 0.490. The van der Waals surface area contributed by atoms with Gasteiger partial charge in [0, 0.05) is 6.42 Å². The Morgan fingerprint density at radius 1 is 1.29 bits per heavy atom. The zero-order valence-electron chi connectivity index (χ0n) is 8.20. The highest BCUT2D eigenvalue weighted by Crippen LogP contribution is 2.07. The molecule has 3 heteroatoms. The molecule has 1 aromatic rings. The quantitative estimate of drug-likeness (QED) is 0.598. The normalized spacial score (nSPS) is 10.0. The van der Waals surface area contributed by atoms with Crippen molar-refractivity contribution in [3.8, 4) is 0 Å². The van der Waals surface area contributed by atoms with Crippen molar-refractivity contribution in [2.75, 3.05) is 6.61 Å². The number of unbranched alkanes of at least 4 members (excludes halogenated alkanes) is 3. The van der Waals surface area contributed by atoms with Gasteiger partial charge < -0.3 is 9.15 Å². The Morgan fingerprint density at radius 3 is 2.86 bits per heavy atom. The van der Waals surface area contributed by atoms with Crippen LogP contribution in [0.25, 0.3) is 0 Å². The number of hydrogen-bond donors (Lipinski definition) is 0. The number of carbonyl (C=O) groups excluding carboxylic acids is 1. The molecule has 0 saturated heterocycles. The molecule has 0 fully saturated rings. The van der Waals surface area contributed by atoms with Crippen molar-refractivity contribution in [2.24, 2.45) is 0 Å². The van der Waals surface area contributed by atoms with Crippen LogP contribution >= 0.6 is 0 Å². The number of ether oxygens (including phenoxy) is 1. The lowest BCUT2D eigenvalue weighted by Crippen LogP contribution is -1.91. The summed E-state index contributed by atoms with van der Waals surface area (Å²) in [5.41, 5.74) is 0. The number of furan rings is 1. The van der Waals surface area contributed by atoms with Gasteiger partial charge in [-0.2, -0.15) is 0 Å². The average molecular weight is 195 g/mol. The van der Waals surface area contributed by atoms with E-state index in [1.807, 2.05) is 12.1 Å². The van der Waals surface area contributed by atoms with E-state index >= 15 is 0 Å². The van der Waals surface area contributed by atoms with E-state index in [0.717, 1.165) is 37.9 Å². The molecule has 0 aliphatic heterocycles. The third-order valence-corrected chi connectivity index (χ3v) is 2.06. The molecule has 0 saturated carbocycles. The summed E-state index contributed by atoms with van der Waals surface area (Å²) in [6.45, 7) is 1.91. The molecule has 1 heterocycles. The van der Waals surface area contributed by atoms with Gasteiger partial charge in [0.25, 0.3) is 0 Å². The number of rotatable bonds is 8. The van der Waals surface area contributed by atoms with Crippen LogP contribution < -0.4 is 0 Å². The maximum Gasteiger partial charge on any atom is 0.417 e. The molecular weight excluding hydrogens is 180 g/mol. The second-order valence-electron chi connectivity index (χ2n) is 3.18. The van der Waals surface area contributed by atoms with Gasteiger partial charge in [0.2, 0.25) is 0 Å². The molecule has 3 nitrogen and oxygen atoms in total. The number of aryl methyl sites for hydroxylation is 1. The Kier molecular flexibility index (Phi) is 5.56. The van der Waals surface area contributed by atoms with E-state index < -0.39 is 0 Å². The van der Waals surface area contributed by atoms with Crippen LogP contribution in [-0.4, -0.2) is 13.1 Å². The molecular formula is C11H15O3. The molecule has 0 bridgehead atoms. The maximum absolute atomic E-state index is 9.69. The van der Waals surface area contributed by atoms with E-state index in [9.17, 15) is 4.79 Å². The van der Waals surface area contributed by atoms with Crippen LogP contribution in [0.15, 0.2) is 22.8 Å². The van der Waals surface area contributed by atoms with Gasteiger partial charge in [-0.1, -0.05) is 12.8 Å². The fraction of sp³-hybridized carbons (Fsp3) is 0.545. The van der Waals surface area contributed by atoms with Gasteiger partial charge in [-0.3, -0.25) is 0 Å². The van der Waals surface area contributed by atoms with Gasteiger partial charge in [0.15, 0.2) is 0 Å². The van der Waals surface area contributed by atoms with Gasteiger partial charge >= 0.3 is 6.47 Å². The van der Waals surface area contributed by atoms with E-state index in [-0.39, 0.29) is 0 Å². The first-order valence-corrected chi connectivity index (χ1v) is 4.95. The SMILES string of the molecule is O=[C]OCCCCCCc1ccco1. The Labute approximate surface area is 84.1 Å². The number of hydrogen-bond acceptors (Lipinski definition) is 3. The summed E-state index contributed by atoms with van der Waals surface area (Å²) < 4.78 is 9.66. The van der Waals surface area contributed by atoms with Gasteiger partial charge in [-0.05, 0) is 25.0 Å². The first kappa shape index (κ1) is 10.8. The second-order valence-corrected chi connectivity index (χ2v) is 3.18. The van der Waals surface area contributed by atoms with E-state index in [1.165, 1.54) is 6.47 Å². The summed E-state index contributed by atoms with van der Waals surface area (Å²) in [5.74, 6) is 1.04. The van der Waals surface area contributed by atoms with E-state index in [1.54, 1.807) is 6.26 Å². The monoisotopic (exact) mass is 195 g/mol. The van der Waals surface area contributed by atoms with Crippen molar-refractivity contribution in [3.63, 3.8) is 0 Å². The fourth-order valence-corrected chi connectivity index (χ4v) is 1.32. The summed E-state index contributed by atoms with van der Waals surface area (Å²) in [7, 11) is 0. The topological polar surface area (TPSA) is 39.4 Å². The maximum atomic E-state index is 9.69. The van der Waals surface area contributed by atoms with Crippen molar-refractivity contribution < 1.29 is 13.9 Å². The zero-order chi connectivity index (χ0) is 10.1. The van der Waals surface area contributed by atoms with Crippen LogP contribution in [0.3, 0.4) is 0 Å². The predicted octanol–water partition coefficient (Wildman–Crippen LogP) is 2.47. The molecule has 1 radical (unpaired) electrons. The molecule has 0 aliphatic carbocycles. The first-order chi connectivity index (χ1) is 6.93. The molecule has 0 N–H and O–H groups in total. The molecule has 0 amide bonds. The van der Waals surface area contributed by atoms with Gasteiger partial charge in [0.1, 0.15) is 5.76 Å². The first-order valence-electron chi connectivity index (χ1n) is 4.95. The lowest BCUT2D eigenvalue weighted by molar-refractivity contribution is 0.268. The molecule has 1 aromatic heterocycles. The van der Waals surface area contributed by atoms with Crippen molar-refractivity contribution in [3.05, 3.63) is 24.2 Å². The highest BCUT2D eigenvalue weighted by atomic mass is 16.5. The Balaban J connectivity index is 1.87. The minimum Gasteiger partial charge on any atom is -0.469 e. The smallest absolute Gasteiger partial charge is 0.417 e. The van der Waals surface area contributed by atoms with E-state index in [2.05, 4.69) is 4.74 Å². The Morgan fingerprint density at radius 2 is 2.14 bits per heavy atom. The van der Waals surface area contributed by atoms with E-state index in [0.29, 0.717) is 6.61 Å². The minimum absolute atomic E-state index is 0.490. The average Bonchev–Trinajstić information content (AvgIpc) is 2.69. The summed E-state index contributed by atoms with van der Waals surface area (Å²) >= 11 is 0. The summed E-state index contributed by atoms with van der Waals surface area (Å²) in [5, 5.41) is 0. The summed E-state index contributed by atoms with van der Waals surface area (Å²) in [4.78, 5) is 9.69.